The molecule has 5 rings (SSSR count). The molecule has 0 bridgehead atoms. The molecule has 3 N–H and O–H groups in total. The fourth-order valence-corrected chi connectivity index (χ4v) is 5.76. The molecule has 0 radical (unpaired) electrons. The first-order valence-electron chi connectivity index (χ1n) is 12.2. The van der Waals surface area contributed by atoms with Crippen molar-refractivity contribution in [1.29, 1.82) is 0 Å². The van der Waals surface area contributed by atoms with Crippen LogP contribution in [0, 0.1) is 0 Å². The first-order valence-corrected chi connectivity index (χ1v) is 12.2. The van der Waals surface area contributed by atoms with Crippen molar-refractivity contribution in [1.82, 2.24) is 20.1 Å². The third-order valence-corrected chi connectivity index (χ3v) is 7.30. The van der Waals surface area contributed by atoms with Crippen LogP contribution < -0.4 is 14.8 Å². The van der Waals surface area contributed by atoms with Gasteiger partial charge in [0.15, 0.2) is 0 Å². The molecule has 1 spiro atoms. The molecule has 1 fully saturated rings. The van der Waals surface area contributed by atoms with Crippen molar-refractivity contribution in [2.75, 3.05) is 47.0 Å². The van der Waals surface area contributed by atoms with E-state index in [9.17, 15) is 9.90 Å². The number of rotatable bonds is 7. The number of aromatic nitrogens is 1. The van der Waals surface area contributed by atoms with Crippen molar-refractivity contribution in [3.8, 4) is 11.5 Å². The molecule has 2 aliphatic rings. The predicted octanol–water partition coefficient (Wildman–Crippen LogP) is 3.41. The summed E-state index contributed by atoms with van der Waals surface area (Å²) in [7, 11) is 3.34. The molecular weight excluding hydrogens is 444 g/mol. The van der Waals surface area contributed by atoms with E-state index in [-0.39, 0.29) is 18.1 Å². The quantitative estimate of drug-likeness (QED) is 0.484. The molecule has 1 atom stereocenters. The van der Waals surface area contributed by atoms with Crippen molar-refractivity contribution in [2.45, 2.75) is 31.3 Å². The highest BCUT2D eigenvalue weighted by atomic mass is 16.5. The number of benzene rings is 2. The third-order valence-electron chi connectivity index (χ3n) is 7.30. The van der Waals surface area contributed by atoms with E-state index in [1.807, 2.05) is 36.1 Å². The largest absolute Gasteiger partial charge is 0.497 e. The minimum atomic E-state index is -0.418. The van der Waals surface area contributed by atoms with Gasteiger partial charge in [-0.1, -0.05) is 19.1 Å². The lowest BCUT2D eigenvalue weighted by Crippen LogP contribution is -2.67. The summed E-state index contributed by atoms with van der Waals surface area (Å²) in [6.45, 7) is 5.54. The van der Waals surface area contributed by atoms with E-state index in [4.69, 9.17) is 9.47 Å². The van der Waals surface area contributed by atoms with Crippen molar-refractivity contribution >= 4 is 16.9 Å². The zero-order chi connectivity index (χ0) is 24.6. The lowest BCUT2D eigenvalue weighted by molar-refractivity contribution is 0.00642. The number of carbonyl (C=O) groups excluding carboxylic acids is 1. The Morgan fingerprint density at radius 1 is 1.14 bits per heavy atom. The number of aliphatic hydroxyl groups excluding tert-OH is 1. The van der Waals surface area contributed by atoms with Crippen LogP contribution in [-0.2, 0) is 12.0 Å². The Balaban J connectivity index is 1.51. The maximum absolute atomic E-state index is 13.2. The highest BCUT2D eigenvalue weighted by Gasteiger charge is 2.53. The van der Waals surface area contributed by atoms with Gasteiger partial charge in [-0.15, -0.1) is 0 Å². The van der Waals surface area contributed by atoms with E-state index < -0.39 is 6.04 Å². The van der Waals surface area contributed by atoms with Gasteiger partial charge in [0, 0.05) is 60.8 Å². The number of aliphatic hydroxyl groups is 1. The fraction of sp³-hybridized carbons (Fsp3) is 0.444. The number of amides is 2. The second-order valence-electron chi connectivity index (χ2n) is 9.66. The molecule has 0 saturated carbocycles. The van der Waals surface area contributed by atoms with Crippen LogP contribution in [0.5, 0.6) is 11.5 Å². The number of ether oxygens (including phenoxy) is 2. The van der Waals surface area contributed by atoms with Gasteiger partial charge in [-0.2, -0.15) is 0 Å². The second-order valence-corrected chi connectivity index (χ2v) is 9.66. The minimum absolute atomic E-state index is 0.126. The molecular formula is C27H34N4O4. The standard InChI is InChI=1S/C27H34N4O4/c1-4-10-28-26(33)31-17-27(15-30(16-27)13-18-6-5-7-19(11-18)34-2)24-21-9-8-20(35-3)12-22(21)29-25(24)23(31)14-32/h5-9,11-12,23,29,32H,4,10,13-17H2,1-3H3,(H,28,33)/t23-/m0/s1. The van der Waals surface area contributed by atoms with E-state index in [0.717, 1.165) is 54.2 Å². The van der Waals surface area contributed by atoms with Crippen LogP contribution in [0.25, 0.3) is 10.9 Å². The number of urea groups is 1. The summed E-state index contributed by atoms with van der Waals surface area (Å²) < 4.78 is 10.8. The molecule has 1 saturated heterocycles. The number of carbonyl (C=O) groups is 1. The molecule has 8 nitrogen and oxygen atoms in total. The number of H-pyrrole nitrogens is 1. The van der Waals surface area contributed by atoms with Crippen molar-refractivity contribution in [2.24, 2.45) is 0 Å². The maximum Gasteiger partial charge on any atom is 0.318 e. The molecule has 186 valence electrons. The van der Waals surface area contributed by atoms with Crippen LogP contribution in [0.3, 0.4) is 0 Å². The summed E-state index contributed by atoms with van der Waals surface area (Å²) in [5.74, 6) is 1.63. The third kappa shape index (κ3) is 4.10. The Labute approximate surface area is 205 Å². The van der Waals surface area contributed by atoms with Crippen LogP contribution >= 0.6 is 0 Å². The molecule has 35 heavy (non-hydrogen) atoms. The molecule has 0 aliphatic carbocycles. The van der Waals surface area contributed by atoms with Crippen LogP contribution in [0.15, 0.2) is 42.5 Å². The van der Waals surface area contributed by atoms with Crippen LogP contribution in [0.2, 0.25) is 0 Å². The number of likely N-dealkylation sites (tertiary alicyclic amines) is 1. The normalized spacial score (nSPS) is 18.9. The summed E-state index contributed by atoms with van der Waals surface area (Å²) in [5, 5.41) is 14.5. The fourth-order valence-electron chi connectivity index (χ4n) is 5.76. The van der Waals surface area contributed by atoms with Gasteiger partial charge in [0.2, 0.25) is 0 Å². The molecule has 2 aromatic carbocycles. The molecule has 2 aliphatic heterocycles. The molecule has 2 amide bonds. The van der Waals surface area contributed by atoms with E-state index >= 15 is 0 Å². The zero-order valence-electron chi connectivity index (χ0n) is 20.6. The summed E-state index contributed by atoms with van der Waals surface area (Å²) in [4.78, 5) is 20.9. The molecule has 3 heterocycles. The lowest BCUT2D eigenvalue weighted by Gasteiger charge is -2.56. The van der Waals surface area contributed by atoms with Gasteiger partial charge < -0.3 is 29.8 Å². The van der Waals surface area contributed by atoms with E-state index in [0.29, 0.717) is 13.1 Å². The smallest absolute Gasteiger partial charge is 0.318 e. The summed E-state index contributed by atoms with van der Waals surface area (Å²) in [6.07, 6.45) is 0.861. The Bertz CT molecular complexity index is 1220. The van der Waals surface area contributed by atoms with Gasteiger partial charge in [-0.05, 0) is 41.8 Å². The van der Waals surface area contributed by atoms with Gasteiger partial charge in [0.1, 0.15) is 11.5 Å². The number of fused-ring (bicyclic) bond motifs is 4. The molecule has 8 heteroatoms. The minimum Gasteiger partial charge on any atom is -0.497 e. The van der Waals surface area contributed by atoms with Crippen molar-refractivity contribution < 1.29 is 19.4 Å². The monoisotopic (exact) mass is 478 g/mol. The molecule has 1 aromatic heterocycles. The first-order chi connectivity index (χ1) is 17.0. The average molecular weight is 479 g/mol. The number of nitrogens with one attached hydrogen (secondary N) is 2. The number of methoxy groups -OCH3 is 2. The Hall–Kier alpha value is -3.23. The van der Waals surface area contributed by atoms with Gasteiger partial charge in [0.25, 0.3) is 0 Å². The van der Waals surface area contributed by atoms with Crippen LogP contribution in [0.4, 0.5) is 4.79 Å². The van der Waals surface area contributed by atoms with Gasteiger partial charge in [0.05, 0.1) is 26.9 Å². The number of hydrogen-bond donors (Lipinski definition) is 3. The van der Waals surface area contributed by atoms with E-state index in [1.165, 1.54) is 11.1 Å². The van der Waals surface area contributed by atoms with E-state index in [2.05, 4.69) is 33.4 Å². The highest BCUT2D eigenvalue weighted by molar-refractivity contribution is 5.89. The molecule has 0 unspecified atom stereocenters. The van der Waals surface area contributed by atoms with Crippen molar-refractivity contribution in [3.63, 3.8) is 0 Å². The Kier molecular flexibility index (Phi) is 6.34. The lowest BCUT2D eigenvalue weighted by atomic mass is 9.68. The number of aromatic amines is 1. The summed E-state index contributed by atoms with van der Waals surface area (Å²) in [5.41, 5.74) is 4.10. The van der Waals surface area contributed by atoms with Gasteiger partial charge in [-0.25, -0.2) is 4.79 Å². The highest BCUT2D eigenvalue weighted by Crippen LogP contribution is 2.48. The zero-order valence-corrected chi connectivity index (χ0v) is 20.6. The predicted molar refractivity (Wildman–Crippen MR) is 135 cm³/mol. The summed E-state index contributed by atoms with van der Waals surface area (Å²) >= 11 is 0. The van der Waals surface area contributed by atoms with Crippen LogP contribution in [0.1, 0.15) is 36.2 Å². The topological polar surface area (TPSA) is 90.1 Å². The summed E-state index contributed by atoms with van der Waals surface area (Å²) in [6, 6.07) is 13.7. The van der Waals surface area contributed by atoms with Crippen LogP contribution in [-0.4, -0.2) is 72.9 Å². The van der Waals surface area contributed by atoms with Gasteiger partial charge >= 0.3 is 6.03 Å². The second kappa shape index (κ2) is 9.43. The molecule has 3 aromatic rings. The first kappa shape index (κ1) is 23.5. The number of nitrogens with zero attached hydrogens (tertiary/aromatic N) is 2. The maximum atomic E-state index is 13.2. The average Bonchev–Trinajstić information content (AvgIpc) is 3.25. The van der Waals surface area contributed by atoms with Gasteiger partial charge in [-0.3, -0.25) is 4.90 Å². The Morgan fingerprint density at radius 3 is 2.63 bits per heavy atom. The Morgan fingerprint density at radius 2 is 1.91 bits per heavy atom. The van der Waals surface area contributed by atoms with Crippen molar-refractivity contribution in [3.05, 3.63) is 59.3 Å². The van der Waals surface area contributed by atoms with E-state index in [1.54, 1.807) is 14.2 Å². The SMILES string of the molecule is CCCNC(=O)N1CC2(CN(Cc3cccc(OC)c3)C2)c2c([nH]c3cc(OC)ccc23)[C@@H]1CO. The number of hydrogen-bond acceptors (Lipinski definition) is 5.